The number of Topliss-reactive ketones (excluding diaryl/α,β-unsaturated/α-hetero) is 1. The van der Waals surface area contributed by atoms with E-state index in [1.165, 1.54) is 26.9 Å². The minimum Gasteiger partial charge on any atom is -0.469 e. The van der Waals surface area contributed by atoms with Crippen molar-refractivity contribution in [2.24, 2.45) is 23.7 Å². The Labute approximate surface area is 244 Å². The molecular formula is C31H50O10. The topological polar surface area (TPSA) is 139 Å². The third kappa shape index (κ3) is 18.3. The number of esters is 4. The van der Waals surface area contributed by atoms with Crippen LogP contribution in [-0.4, -0.2) is 60.4 Å². The lowest BCUT2D eigenvalue weighted by molar-refractivity contribution is -0.164. The molecule has 0 spiro atoms. The molecule has 0 radical (unpaired) electrons. The molecular weight excluding hydrogens is 532 g/mol. The zero-order valence-electron chi connectivity index (χ0n) is 26.1. The summed E-state index contributed by atoms with van der Waals surface area (Å²) in [5.41, 5.74) is -1.09. The van der Waals surface area contributed by atoms with Gasteiger partial charge in [0.15, 0.2) is 11.9 Å². The van der Waals surface area contributed by atoms with Crippen molar-refractivity contribution in [1.82, 2.24) is 0 Å². The molecule has 0 N–H and O–H groups in total. The summed E-state index contributed by atoms with van der Waals surface area (Å²) in [5, 5.41) is 0. The Morgan fingerprint density at radius 2 is 1.24 bits per heavy atom. The largest absolute Gasteiger partial charge is 0.469 e. The minimum atomic E-state index is -1.05. The van der Waals surface area contributed by atoms with Gasteiger partial charge in [0.25, 0.3) is 0 Å². The number of hydrogen-bond acceptors (Lipinski definition) is 10. The molecule has 41 heavy (non-hydrogen) atoms. The molecule has 2 aliphatic rings. The van der Waals surface area contributed by atoms with E-state index in [2.05, 4.69) is 4.74 Å². The second-order valence-electron chi connectivity index (χ2n) is 13.2. The van der Waals surface area contributed by atoms with Crippen molar-refractivity contribution in [3.8, 4) is 0 Å². The van der Waals surface area contributed by atoms with E-state index in [9.17, 15) is 28.8 Å². The summed E-state index contributed by atoms with van der Waals surface area (Å²) in [6.45, 7) is 12.0. The zero-order chi connectivity index (χ0) is 31.4. The number of carbonyl (C=O) groups excluding carboxylic acids is 6. The van der Waals surface area contributed by atoms with E-state index < -0.39 is 41.1 Å². The number of ketones is 1. The van der Waals surface area contributed by atoms with Crippen LogP contribution in [0.25, 0.3) is 0 Å². The Morgan fingerprint density at radius 3 is 1.66 bits per heavy atom. The second kappa shape index (κ2) is 16.6. The molecule has 0 saturated heterocycles. The van der Waals surface area contributed by atoms with Crippen molar-refractivity contribution in [2.75, 3.05) is 7.11 Å². The first-order valence-corrected chi connectivity index (χ1v) is 14.6. The summed E-state index contributed by atoms with van der Waals surface area (Å²) in [4.78, 5) is 69.8. The summed E-state index contributed by atoms with van der Waals surface area (Å²) in [6.07, 6.45) is 5.83. The van der Waals surface area contributed by atoms with E-state index >= 15 is 0 Å². The lowest BCUT2D eigenvalue weighted by atomic mass is 9.88. The number of ether oxygens (including phenoxy) is 4. The Hall–Kier alpha value is -2.78. The van der Waals surface area contributed by atoms with Crippen LogP contribution in [0.3, 0.4) is 0 Å². The first-order chi connectivity index (χ1) is 18.9. The van der Waals surface area contributed by atoms with Gasteiger partial charge >= 0.3 is 23.9 Å². The lowest BCUT2D eigenvalue weighted by Crippen LogP contribution is -2.37. The fraction of sp³-hybridized carbons (Fsp3) is 0.806. The predicted octanol–water partition coefficient (Wildman–Crippen LogP) is 4.92. The molecule has 0 aromatic heterocycles. The van der Waals surface area contributed by atoms with Gasteiger partial charge in [0.2, 0.25) is 0 Å². The summed E-state index contributed by atoms with van der Waals surface area (Å²) in [7, 11) is 1.24. The van der Waals surface area contributed by atoms with E-state index in [1.54, 1.807) is 20.8 Å². The number of carbonyl (C=O) groups is 6. The standard InChI is InChI=1S/C19H30O7.C12H20O3/c1-12(20)25-18(15(21)8-9-16(22)24-5)14(10-13-6-7-13)11-17(23)26-19(2,3)4;1-12(2,3)15-11(14)7-10(8-13)6-9-4-5-9/h13-14,18H,6-11H2,1-5H3;8-10H,4-7H2,1-3H3. The van der Waals surface area contributed by atoms with Gasteiger partial charge in [-0.2, -0.15) is 0 Å². The normalized spacial score (nSPS) is 17.1. The Kier molecular flexibility index (Phi) is 14.7. The van der Waals surface area contributed by atoms with Gasteiger partial charge in [0.1, 0.15) is 17.5 Å². The van der Waals surface area contributed by atoms with Gasteiger partial charge < -0.3 is 23.7 Å². The summed E-state index contributed by atoms with van der Waals surface area (Å²) >= 11 is 0. The average Bonchev–Trinajstić information content (AvgIpc) is 3.74. The SMILES string of the molecule is CC(C)(C)OC(=O)CC(C=O)CC1CC1.COC(=O)CCC(=O)C(OC(C)=O)C(CC(=O)OC(C)(C)C)CC1CC1. The van der Waals surface area contributed by atoms with E-state index in [0.717, 1.165) is 25.5 Å². The van der Waals surface area contributed by atoms with E-state index in [-0.39, 0.29) is 43.4 Å². The summed E-state index contributed by atoms with van der Waals surface area (Å²) in [6, 6.07) is 0. The van der Waals surface area contributed by atoms with Crippen molar-refractivity contribution in [3.05, 3.63) is 0 Å². The fourth-order valence-electron chi connectivity index (χ4n) is 4.33. The second-order valence-corrected chi connectivity index (χ2v) is 13.2. The number of aldehydes is 1. The fourth-order valence-corrected chi connectivity index (χ4v) is 4.33. The molecule has 0 aliphatic heterocycles. The molecule has 2 fully saturated rings. The lowest BCUT2D eigenvalue weighted by Gasteiger charge is -2.27. The van der Waals surface area contributed by atoms with Gasteiger partial charge in [0.05, 0.1) is 26.4 Å². The van der Waals surface area contributed by atoms with Crippen LogP contribution in [-0.2, 0) is 47.7 Å². The molecule has 234 valence electrons. The molecule has 0 bridgehead atoms. The molecule has 2 rings (SSSR count). The van der Waals surface area contributed by atoms with Gasteiger partial charge in [-0.05, 0) is 66.2 Å². The van der Waals surface area contributed by atoms with Crippen LogP contribution in [0.2, 0.25) is 0 Å². The van der Waals surface area contributed by atoms with E-state index in [4.69, 9.17) is 14.2 Å². The van der Waals surface area contributed by atoms with Crippen molar-refractivity contribution in [3.63, 3.8) is 0 Å². The predicted molar refractivity (Wildman–Crippen MR) is 150 cm³/mol. The maximum Gasteiger partial charge on any atom is 0.307 e. The van der Waals surface area contributed by atoms with Gasteiger partial charge in [-0.3, -0.25) is 24.0 Å². The summed E-state index contributed by atoms with van der Waals surface area (Å²) < 4.78 is 20.3. The van der Waals surface area contributed by atoms with Gasteiger partial charge in [-0.25, -0.2) is 0 Å². The molecule has 3 atom stereocenters. The highest BCUT2D eigenvalue weighted by molar-refractivity contribution is 5.88. The highest BCUT2D eigenvalue weighted by Crippen LogP contribution is 2.38. The van der Waals surface area contributed by atoms with Crippen LogP contribution < -0.4 is 0 Å². The van der Waals surface area contributed by atoms with E-state index in [0.29, 0.717) is 18.3 Å². The monoisotopic (exact) mass is 582 g/mol. The first-order valence-electron chi connectivity index (χ1n) is 14.6. The number of hydrogen-bond donors (Lipinski definition) is 0. The molecule has 0 heterocycles. The molecule has 3 unspecified atom stereocenters. The van der Waals surface area contributed by atoms with Gasteiger partial charge in [0, 0.05) is 25.2 Å². The van der Waals surface area contributed by atoms with Crippen LogP contribution in [0.5, 0.6) is 0 Å². The molecule has 0 aromatic carbocycles. The summed E-state index contributed by atoms with van der Waals surface area (Å²) in [5.74, 6) is -1.67. The molecule has 0 amide bonds. The average molecular weight is 583 g/mol. The van der Waals surface area contributed by atoms with Gasteiger partial charge in [-0.1, -0.05) is 25.7 Å². The quantitative estimate of drug-likeness (QED) is 0.148. The highest BCUT2D eigenvalue weighted by atomic mass is 16.6. The van der Waals surface area contributed by atoms with Crippen LogP contribution in [0, 0.1) is 23.7 Å². The number of rotatable bonds is 15. The molecule has 0 aromatic rings. The maximum absolute atomic E-state index is 12.6. The van der Waals surface area contributed by atoms with Crippen molar-refractivity contribution in [1.29, 1.82) is 0 Å². The van der Waals surface area contributed by atoms with Crippen LogP contribution in [0.4, 0.5) is 0 Å². The van der Waals surface area contributed by atoms with Crippen molar-refractivity contribution < 1.29 is 47.7 Å². The van der Waals surface area contributed by atoms with Crippen LogP contribution in [0.15, 0.2) is 0 Å². The number of methoxy groups -OCH3 is 1. The maximum atomic E-state index is 12.6. The Bertz CT molecular complexity index is 903. The van der Waals surface area contributed by atoms with Crippen LogP contribution >= 0.6 is 0 Å². The molecule has 2 aliphatic carbocycles. The Morgan fingerprint density at radius 1 is 0.756 bits per heavy atom. The van der Waals surface area contributed by atoms with Gasteiger partial charge in [-0.15, -0.1) is 0 Å². The van der Waals surface area contributed by atoms with E-state index in [1.807, 2.05) is 20.8 Å². The first kappa shape index (κ1) is 36.2. The smallest absolute Gasteiger partial charge is 0.307 e. The third-order valence-corrected chi connectivity index (χ3v) is 6.40. The highest BCUT2D eigenvalue weighted by Gasteiger charge is 2.38. The Balaban J connectivity index is 0.000000474. The third-order valence-electron chi connectivity index (χ3n) is 6.40. The van der Waals surface area contributed by atoms with Crippen molar-refractivity contribution >= 4 is 35.9 Å². The van der Waals surface area contributed by atoms with Crippen LogP contribution in [0.1, 0.15) is 113 Å². The zero-order valence-corrected chi connectivity index (χ0v) is 26.1. The molecule has 10 nitrogen and oxygen atoms in total. The molecule has 10 heteroatoms. The van der Waals surface area contributed by atoms with Crippen molar-refractivity contribution in [2.45, 2.75) is 130 Å². The minimum absolute atomic E-state index is 0.00428. The molecule has 2 saturated carbocycles.